The Morgan fingerprint density at radius 1 is 0.870 bits per heavy atom. The molecule has 0 bridgehead atoms. The predicted octanol–water partition coefficient (Wildman–Crippen LogP) is 3.20. The number of methoxy groups -OCH3 is 3. The average molecular weight is 315 g/mol. The zero-order valence-corrected chi connectivity index (χ0v) is 13.8. The molecule has 122 valence electrons. The van der Waals surface area contributed by atoms with E-state index in [9.17, 15) is 4.79 Å². The number of para-hydroxylation sites is 1. The summed E-state index contributed by atoms with van der Waals surface area (Å²) in [6, 6.07) is 12.6. The van der Waals surface area contributed by atoms with Gasteiger partial charge in [-0.15, -0.1) is 0 Å². The first-order valence-corrected chi connectivity index (χ1v) is 7.27. The van der Waals surface area contributed by atoms with E-state index in [2.05, 4.69) is 5.32 Å². The van der Waals surface area contributed by atoms with Gasteiger partial charge in [-0.2, -0.15) is 0 Å². The predicted molar refractivity (Wildman–Crippen MR) is 88.4 cm³/mol. The second-order valence-corrected chi connectivity index (χ2v) is 4.97. The van der Waals surface area contributed by atoms with Crippen molar-refractivity contribution in [3.05, 3.63) is 53.6 Å². The van der Waals surface area contributed by atoms with E-state index in [0.717, 1.165) is 11.3 Å². The molecular weight excluding hydrogens is 294 g/mol. The molecule has 0 aromatic heterocycles. The lowest BCUT2D eigenvalue weighted by molar-refractivity contribution is 0.0933. The zero-order chi connectivity index (χ0) is 16.8. The Labute approximate surface area is 136 Å². The largest absolute Gasteiger partial charge is 0.496 e. The van der Waals surface area contributed by atoms with Gasteiger partial charge in [0.25, 0.3) is 5.91 Å². The summed E-state index contributed by atoms with van der Waals surface area (Å²) in [6.07, 6.45) is 0. The number of nitrogens with one attached hydrogen (secondary N) is 1. The van der Waals surface area contributed by atoms with Crippen LogP contribution in [0.1, 0.15) is 28.9 Å². The van der Waals surface area contributed by atoms with Crippen LogP contribution in [-0.4, -0.2) is 27.2 Å². The molecule has 0 saturated heterocycles. The van der Waals surface area contributed by atoms with E-state index >= 15 is 0 Å². The Kier molecular flexibility index (Phi) is 5.46. The molecule has 2 aromatic carbocycles. The molecule has 0 heterocycles. The minimum atomic E-state index is -0.266. The third-order valence-electron chi connectivity index (χ3n) is 3.61. The molecule has 23 heavy (non-hydrogen) atoms. The van der Waals surface area contributed by atoms with E-state index in [1.807, 2.05) is 31.2 Å². The van der Waals surface area contributed by atoms with Crippen LogP contribution in [0, 0.1) is 0 Å². The number of ether oxygens (including phenoxy) is 3. The van der Waals surface area contributed by atoms with E-state index in [-0.39, 0.29) is 11.9 Å². The molecule has 1 amide bonds. The summed E-state index contributed by atoms with van der Waals surface area (Å²) >= 11 is 0. The first-order chi connectivity index (χ1) is 11.1. The standard InChI is InChI=1S/C18H21NO4/c1-12(13-8-5-6-9-14(13)21-2)19-18(20)17-15(22-3)10-7-11-16(17)23-4/h5-12H,1-4H3,(H,19,20). The van der Waals surface area contributed by atoms with Crippen LogP contribution < -0.4 is 19.5 Å². The lowest BCUT2D eigenvalue weighted by atomic mass is 10.1. The van der Waals surface area contributed by atoms with Crippen molar-refractivity contribution in [1.29, 1.82) is 0 Å². The lowest BCUT2D eigenvalue weighted by Gasteiger charge is -2.19. The van der Waals surface area contributed by atoms with Crippen molar-refractivity contribution in [3.8, 4) is 17.2 Å². The van der Waals surface area contributed by atoms with Gasteiger partial charge in [0.15, 0.2) is 0 Å². The Morgan fingerprint density at radius 3 is 1.96 bits per heavy atom. The highest BCUT2D eigenvalue weighted by molar-refractivity contribution is 6.00. The monoisotopic (exact) mass is 315 g/mol. The summed E-state index contributed by atoms with van der Waals surface area (Å²) in [7, 11) is 4.65. The Balaban J connectivity index is 2.29. The van der Waals surface area contributed by atoms with Crippen molar-refractivity contribution in [2.45, 2.75) is 13.0 Å². The van der Waals surface area contributed by atoms with Gasteiger partial charge in [-0.1, -0.05) is 24.3 Å². The second-order valence-electron chi connectivity index (χ2n) is 4.97. The van der Waals surface area contributed by atoms with Crippen molar-refractivity contribution >= 4 is 5.91 Å². The highest BCUT2D eigenvalue weighted by Crippen LogP contribution is 2.30. The van der Waals surface area contributed by atoms with Gasteiger partial charge >= 0.3 is 0 Å². The average Bonchev–Trinajstić information content (AvgIpc) is 2.60. The number of hydrogen-bond donors (Lipinski definition) is 1. The Morgan fingerprint density at radius 2 is 1.39 bits per heavy atom. The van der Waals surface area contributed by atoms with Crippen molar-refractivity contribution < 1.29 is 19.0 Å². The van der Waals surface area contributed by atoms with Gasteiger partial charge in [0, 0.05) is 5.56 Å². The highest BCUT2D eigenvalue weighted by atomic mass is 16.5. The number of amides is 1. The van der Waals surface area contributed by atoms with Gasteiger partial charge in [-0.3, -0.25) is 4.79 Å². The summed E-state index contributed by atoms with van der Waals surface area (Å²) in [6.45, 7) is 1.90. The van der Waals surface area contributed by atoms with Crippen LogP contribution in [0.3, 0.4) is 0 Å². The molecule has 1 N–H and O–H groups in total. The minimum absolute atomic E-state index is 0.228. The minimum Gasteiger partial charge on any atom is -0.496 e. The molecule has 5 heteroatoms. The summed E-state index contributed by atoms with van der Waals surface area (Å²) in [5.74, 6) is 1.40. The van der Waals surface area contributed by atoms with Crippen molar-refractivity contribution in [2.75, 3.05) is 21.3 Å². The van der Waals surface area contributed by atoms with Crippen LogP contribution in [0.2, 0.25) is 0 Å². The van der Waals surface area contributed by atoms with Gasteiger partial charge in [0.05, 0.1) is 27.4 Å². The van der Waals surface area contributed by atoms with Gasteiger partial charge in [-0.25, -0.2) is 0 Å². The number of carbonyl (C=O) groups excluding carboxylic acids is 1. The molecule has 1 unspecified atom stereocenters. The summed E-state index contributed by atoms with van der Waals surface area (Å²) in [5, 5.41) is 2.96. The fourth-order valence-electron chi connectivity index (χ4n) is 2.45. The van der Waals surface area contributed by atoms with E-state index in [4.69, 9.17) is 14.2 Å². The normalized spacial score (nSPS) is 11.5. The number of benzene rings is 2. The van der Waals surface area contributed by atoms with Crippen molar-refractivity contribution in [2.24, 2.45) is 0 Å². The Hall–Kier alpha value is -2.69. The maximum atomic E-state index is 12.7. The molecule has 0 saturated carbocycles. The molecule has 0 fully saturated rings. The maximum Gasteiger partial charge on any atom is 0.259 e. The first kappa shape index (κ1) is 16.7. The molecule has 0 aliphatic heterocycles. The van der Waals surface area contributed by atoms with Gasteiger partial charge < -0.3 is 19.5 Å². The van der Waals surface area contributed by atoms with Crippen molar-refractivity contribution in [1.82, 2.24) is 5.32 Å². The van der Waals surface area contributed by atoms with Gasteiger partial charge in [0.1, 0.15) is 22.8 Å². The maximum absolute atomic E-state index is 12.7. The first-order valence-electron chi connectivity index (χ1n) is 7.27. The molecule has 5 nitrogen and oxygen atoms in total. The molecule has 2 rings (SSSR count). The van der Waals surface area contributed by atoms with Crippen LogP contribution in [0.5, 0.6) is 17.2 Å². The Bertz CT molecular complexity index is 662. The molecule has 0 spiro atoms. The van der Waals surface area contributed by atoms with Crippen molar-refractivity contribution in [3.63, 3.8) is 0 Å². The SMILES string of the molecule is COc1ccccc1C(C)NC(=O)c1c(OC)cccc1OC. The molecule has 0 radical (unpaired) electrons. The number of carbonyl (C=O) groups is 1. The fraction of sp³-hybridized carbons (Fsp3) is 0.278. The zero-order valence-electron chi connectivity index (χ0n) is 13.8. The summed E-state index contributed by atoms with van der Waals surface area (Å²) in [5.41, 5.74) is 1.27. The molecule has 1 atom stereocenters. The summed E-state index contributed by atoms with van der Waals surface area (Å²) < 4.78 is 15.9. The lowest BCUT2D eigenvalue weighted by Crippen LogP contribution is -2.27. The van der Waals surface area contributed by atoms with Gasteiger partial charge in [-0.05, 0) is 25.1 Å². The van der Waals surface area contributed by atoms with E-state index in [1.165, 1.54) is 14.2 Å². The quantitative estimate of drug-likeness (QED) is 0.889. The fourth-order valence-corrected chi connectivity index (χ4v) is 2.45. The molecule has 0 aliphatic rings. The van der Waals surface area contributed by atoms with Crippen LogP contribution in [0.15, 0.2) is 42.5 Å². The van der Waals surface area contributed by atoms with Crippen LogP contribution in [0.25, 0.3) is 0 Å². The van der Waals surface area contributed by atoms with E-state index in [0.29, 0.717) is 17.1 Å². The summed E-state index contributed by atoms with van der Waals surface area (Å²) in [4.78, 5) is 12.7. The third kappa shape index (κ3) is 3.56. The van der Waals surface area contributed by atoms with E-state index in [1.54, 1.807) is 25.3 Å². The second kappa shape index (κ2) is 7.54. The van der Waals surface area contributed by atoms with Crippen LogP contribution >= 0.6 is 0 Å². The number of hydrogen-bond acceptors (Lipinski definition) is 4. The van der Waals surface area contributed by atoms with E-state index < -0.39 is 0 Å². The third-order valence-corrected chi connectivity index (χ3v) is 3.61. The smallest absolute Gasteiger partial charge is 0.259 e. The number of rotatable bonds is 6. The van der Waals surface area contributed by atoms with Crippen LogP contribution in [-0.2, 0) is 0 Å². The molecule has 2 aromatic rings. The van der Waals surface area contributed by atoms with Gasteiger partial charge in [0.2, 0.25) is 0 Å². The topological polar surface area (TPSA) is 56.8 Å². The highest BCUT2D eigenvalue weighted by Gasteiger charge is 2.21. The molecular formula is C18H21NO4. The van der Waals surface area contributed by atoms with Crippen LogP contribution in [0.4, 0.5) is 0 Å². The molecule has 0 aliphatic carbocycles.